The first kappa shape index (κ1) is 17.7. The second-order valence-corrected chi connectivity index (χ2v) is 4.73. The van der Waals surface area contributed by atoms with Gasteiger partial charge in [0.05, 0.1) is 13.2 Å². The fourth-order valence-electron chi connectivity index (χ4n) is 1.96. The van der Waals surface area contributed by atoms with Gasteiger partial charge in [-0.3, -0.25) is 15.2 Å². The molecule has 8 heteroatoms. The van der Waals surface area contributed by atoms with E-state index in [0.717, 1.165) is 6.42 Å². The Morgan fingerprint density at radius 2 is 2.19 bits per heavy atom. The molecule has 21 heavy (non-hydrogen) atoms. The Kier molecular flexibility index (Phi) is 8.72. The average Bonchev–Trinajstić information content (AvgIpc) is 2.53. The molecule has 1 atom stereocenters. The molecule has 1 aliphatic rings. The van der Waals surface area contributed by atoms with Gasteiger partial charge in [0.2, 0.25) is 11.9 Å². The largest absolute Gasteiger partial charge is 0.382 e. The summed E-state index contributed by atoms with van der Waals surface area (Å²) in [5.41, 5.74) is 2.48. The molecule has 1 heterocycles. The Labute approximate surface area is 126 Å². The molecule has 8 nitrogen and oxygen atoms in total. The summed E-state index contributed by atoms with van der Waals surface area (Å²) < 4.78 is 10.5. The molecule has 1 fully saturated rings. The summed E-state index contributed by atoms with van der Waals surface area (Å²) in [6.45, 7) is 8.14. The summed E-state index contributed by atoms with van der Waals surface area (Å²) >= 11 is 0. The Morgan fingerprint density at radius 1 is 1.48 bits per heavy atom. The molecule has 1 aliphatic heterocycles. The van der Waals surface area contributed by atoms with Crippen LogP contribution >= 0.6 is 0 Å². The van der Waals surface area contributed by atoms with Crippen LogP contribution in [0.15, 0.2) is 4.99 Å². The molecule has 4 N–H and O–H groups in total. The van der Waals surface area contributed by atoms with Crippen LogP contribution in [0.4, 0.5) is 0 Å². The van der Waals surface area contributed by atoms with E-state index in [4.69, 9.17) is 15.3 Å². The van der Waals surface area contributed by atoms with Crippen molar-refractivity contribution < 1.29 is 14.3 Å². The van der Waals surface area contributed by atoms with Gasteiger partial charge in [-0.05, 0) is 20.3 Å². The van der Waals surface area contributed by atoms with Crippen LogP contribution in [-0.2, 0) is 14.3 Å². The topological polar surface area (TPSA) is 101 Å². The van der Waals surface area contributed by atoms with Crippen LogP contribution in [0, 0.1) is 0 Å². The van der Waals surface area contributed by atoms with Crippen molar-refractivity contribution in [1.29, 1.82) is 0 Å². The van der Waals surface area contributed by atoms with Crippen molar-refractivity contribution in [1.82, 2.24) is 15.6 Å². The van der Waals surface area contributed by atoms with E-state index >= 15 is 0 Å². The lowest BCUT2D eigenvalue weighted by atomic mass is 10.2. The van der Waals surface area contributed by atoms with Crippen LogP contribution in [0.1, 0.15) is 20.3 Å². The number of nitrogens with one attached hydrogen (secondary N) is 2. The van der Waals surface area contributed by atoms with Crippen LogP contribution in [-0.4, -0.2) is 68.9 Å². The highest BCUT2D eigenvalue weighted by Gasteiger charge is 2.22. The maximum Gasteiger partial charge on any atom is 0.245 e. The van der Waals surface area contributed by atoms with Gasteiger partial charge in [0.1, 0.15) is 6.04 Å². The molecular weight excluding hydrogens is 274 g/mol. The highest BCUT2D eigenvalue weighted by molar-refractivity contribution is 5.88. The van der Waals surface area contributed by atoms with Crippen molar-refractivity contribution in [3.63, 3.8) is 0 Å². The summed E-state index contributed by atoms with van der Waals surface area (Å²) in [6, 6.07) is -0.384. The predicted octanol–water partition coefficient (Wildman–Crippen LogP) is -0.931. The summed E-state index contributed by atoms with van der Waals surface area (Å²) in [4.78, 5) is 18.3. The number of carbonyl (C=O) groups excluding carboxylic acids is 1. The molecule has 0 aromatic rings. The van der Waals surface area contributed by atoms with Crippen LogP contribution in [0.2, 0.25) is 0 Å². The summed E-state index contributed by atoms with van der Waals surface area (Å²) in [5.74, 6) is 5.86. The van der Waals surface area contributed by atoms with E-state index < -0.39 is 0 Å². The normalized spacial score (nSPS) is 17.5. The lowest BCUT2D eigenvalue weighted by molar-refractivity contribution is -0.136. The minimum atomic E-state index is -0.384. The first-order valence-corrected chi connectivity index (χ1v) is 7.41. The monoisotopic (exact) mass is 301 g/mol. The number of nitrogens with zero attached hydrogens (tertiary/aromatic N) is 2. The van der Waals surface area contributed by atoms with Crippen molar-refractivity contribution in [3.05, 3.63) is 0 Å². The minimum absolute atomic E-state index is 0.0237. The molecule has 0 radical (unpaired) electrons. The van der Waals surface area contributed by atoms with E-state index in [-0.39, 0.29) is 11.9 Å². The number of hydrogen-bond donors (Lipinski definition) is 3. The third-order valence-corrected chi connectivity index (χ3v) is 3.10. The zero-order valence-electron chi connectivity index (χ0n) is 12.9. The molecule has 1 saturated heterocycles. The highest BCUT2D eigenvalue weighted by Crippen LogP contribution is 2.00. The summed E-state index contributed by atoms with van der Waals surface area (Å²) in [6.07, 6.45) is 0.812. The van der Waals surface area contributed by atoms with Crippen molar-refractivity contribution in [3.8, 4) is 0 Å². The predicted molar refractivity (Wildman–Crippen MR) is 80.7 cm³/mol. The Hall–Kier alpha value is -1.38. The summed E-state index contributed by atoms with van der Waals surface area (Å²) in [7, 11) is 0. The first-order chi connectivity index (χ1) is 10.2. The molecule has 0 bridgehead atoms. The van der Waals surface area contributed by atoms with Crippen molar-refractivity contribution in [2.24, 2.45) is 10.8 Å². The number of morpholine rings is 1. The van der Waals surface area contributed by atoms with E-state index in [2.05, 4.69) is 15.7 Å². The van der Waals surface area contributed by atoms with E-state index in [1.54, 1.807) is 11.8 Å². The maximum atomic E-state index is 12.2. The Morgan fingerprint density at radius 3 is 2.81 bits per heavy atom. The van der Waals surface area contributed by atoms with Gasteiger partial charge in [-0.25, -0.2) is 5.84 Å². The number of guanidine groups is 1. The lowest BCUT2D eigenvalue weighted by Crippen LogP contribution is -2.54. The zero-order chi connectivity index (χ0) is 15.5. The van der Waals surface area contributed by atoms with E-state index in [0.29, 0.717) is 52.0 Å². The van der Waals surface area contributed by atoms with Crippen LogP contribution in [0.3, 0.4) is 0 Å². The van der Waals surface area contributed by atoms with Crippen molar-refractivity contribution in [2.75, 3.05) is 46.1 Å². The molecule has 1 rings (SSSR count). The second kappa shape index (κ2) is 10.4. The lowest BCUT2D eigenvalue weighted by Gasteiger charge is -2.29. The molecule has 1 amide bonds. The number of hydrazine groups is 1. The Bertz CT molecular complexity index is 332. The SMILES string of the molecule is CCOCCCN=C(NN)NC(C)C(=O)N1CCOCC1. The third-order valence-electron chi connectivity index (χ3n) is 3.10. The van der Waals surface area contributed by atoms with Gasteiger partial charge >= 0.3 is 0 Å². The average molecular weight is 301 g/mol. The molecule has 0 aliphatic carbocycles. The fourth-order valence-corrected chi connectivity index (χ4v) is 1.96. The van der Waals surface area contributed by atoms with Gasteiger partial charge in [-0.15, -0.1) is 0 Å². The number of carbonyl (C=O) groups is 1. The van der Waals surface area contributed by atoms with Crippen LogP contribution in [0.25, 0.3) is 0 Å². The fraction of sp³-hybridized carbons (Fsp3) is 0.846. The molecule has 0 aromatic heterocycles. The quantitative estimate of drug-likeness (QED) is 0.185. The zero-order valence-corrected chi connectivity index (χ0v) is 12.9. The van der Waals surface area contributed by atoms with Gasteiger partial charge in [-0.2, -0.15) is 0 Å². The number of amides is 1. The molecule has 1 unspecified atom stereocenters. The minimum Gasteiger partial charge on any atom is -0.382 e. The van der Waals surface area contributed by atoms with E-state index in [9.17, 15) is 4.79 Å². The van der Waals surface area contributed by atoms with Gasteiger partial charge in [0, 0.05) is 32.8 Å². The number of aliphatic imine (C=N–C) groups is 1. The molecular formula is C13H27N5O3. The number of rotatable bonds is 7. The second-order valence-electron chi connectivity index (χ2n) is 4.73. The smallest absolute Gasteiger partial charge is 0.245 e. The van der Waals surface area contributed by atoms with Gasteiger partial charge in [0.15, 0.2) is 0 Å². The Balaban J connectivity index is 2.36. The van der Waals surface area contributed by atoms with E-state index in [1.165, 1.54) is 0 Å². The number of nitrogens with two attached hydrogens (primary N) is 1. The molecule has 0 saturated carbocycles. The molecule has 0 spiro atoms. The standard InChI is InChI=1S/C13H27N5O3/c1-3-20-8-4-5-15-13(17-14)16-11(2)12(19)18-6-9-21-10-7-18/h11H,3-10,14H2,1-2H3,(H2,15,16,17). The summed E-state index contributed by atoms with van der Waals surface area (Å²) in [5, 5.41) is 3.00. The third kappa shape index (κ3) is 6.74. The van der Waals surface area contributed by atoms with Gasteiger partial charge < -0.3 is 19.7 Å². The van der Waals surface area contributed by atoms with Gasteiger partial charge in [0.25, 0.3) is 0 Å². The van der Waals surface area contributed by atoms with Crippen LogP contribution < -0.4 is 16.6 Å². The van der Waals surface area contributed by atoms with E-state index in [1.807, 2.05) is 6.92 Å². The number of hydrogen-bond acceptors (Lipinski definition) is 5. The molecule has 122 valence electrons. The maximum absolute atomic E-state index is 12.2. The van der Waals surface area contributed by atoms with Crippen molar-refractivity contribution >= 4 is 11.9 Å². The number of ether oxygens (including phenoxy) is 2. The first-order valence-electron chi connectivity index (χ1n) is 7.41. The molecule has 0 aromatic carbocycles. The van der Waals surface area contributed by atoms with Gasteiger partial charge in [-0.1, -0.05) is 0 Å². The van der Waals surface area contributed by atoms with Crippen LogP contribution in [0.5, 0.6) is 0 Å². The highest BCUT2D eigenvalue weighted by atomic mass is 16.5. The van der Waals surface area contributed by atoms with Crippen molar-refractivity contribution in [2.45, 2.75) is 26.3 Å².